The lowest BCUT2D eigenvalue weighted by molar-refractivity contribution is 0.154. The predicted octanol–water partition coefficient (Wildman–Crippen LogP) is 2.39. The second-order valence-electron chi connectivity index (χ2n) is 3.29. The number of nitrogen functional groups attached to an aromatic ring is 1. The Bertz CT molecular complexity index is 317. The number of hydrogen-bond donors (Lipinski definition) is 1. The van der Waals surface area contributed by atoms with Crippen molar-refractivity contribution in [3.05, 3.63) is 23.2 Å². The molecule has 4 heteroatoms. The fourth-order valence-electron chi connectivity index (χ4n) is 1.32. The van der Waals surface area contributed by atoms with Crippen molar-refractivity contribution in [2.45, 2.75) is 6.92 Å². The van der Waals surface area contributed by atoms with E-state index in [1.807, 2.05) is 31.0 Å². The lowest BCUT2D eigenvalue weighted by Gasteiger charge is -2.21. The zero-order chi connectivity index (χ0) is 11.3. The van der Waals surface area contributed by atoms with Crippen molar-refractivity contribution in [2.75, 3.05) is 37.4 Å². The highest BCUT2D eigenvalue weighted by Crippen LogP contribution is 2.28. The molecule has 84 valence electrons. The summed E-state index contributed by atoms with van der Waals surface area (Å²) in [6, 6.07) is 5.63. The maximum absolute atomic E-state index is 5.94. The SMILES string of the molecule is CCOCCN(C)c1cccc(Cl)c1N. The number of anilines is 2. The summed E-state index contributed by atoms with van der Waals surface area (Å²) in [5, 5.41) is 0.593. The minimum Gasteiger partial charge on any atom is -0.396 e. The second-order valence-corrected chi connectivity index (χ2v) is 3.70. The van der Waals surface area contributed by atoms with Gasteiger partial charge in [0.1, 0.15) is 0 Å². The van der Waals surface area contributed by atoms with E-state index >= 15 is 0 Å². The predicted molar refractivity (Wildman–Crippen MR) is 65.6 cm³/mol. The van der Waals surface area contributed by atoms with Gasteiger partial charge in [-0.2, -0.15) is 0 Å². The van der Waals surface area contributed by atoms with Gasteiger partial charge in [-0.15, -0.1) is 0 Å². The smallest absolute Gasteiger partial charge is 0.0741 e. The van der Waals surface area contributed by atoms with Gasteiger partial charge in [0, 0.05) is 20.2 Å². The molecule has 0 saturated carbocycles. The standard InChI is InChI=1S/C11H17ClN2O/c1-3-15-8-7-14(2)10-6-4-5-9(12)11(10)13/h4-6H,3,7-8,13H2,1-2H3. The lowest BCUT2D eigenvalue weighted by atomic mass is 10.2. The summed E-state index contributed by atoms with van der Waals surface area (Å²) in [7, 11) is 1.97. The molecule has 0 aliphatic carbocycles. The Hall–Kier alpha value is -0.930. The van der Waals surface area contributed by atoms with Gasteiger partial charge in [-0.1, -0.05) is 17.7 Å². The zero-order valence-electron chi connectivity index (χ0n) is 9.16. The molecule has 0 bridgehead atoms. The monoisotopic (exact) mass is 228 g/mol. The Morgan fingerprint density at radius 1 is 1.47 bits per heavy atom. The van der Waals surface area contributed by atoms with Gasteiger partial charge in [0.05, 0.1) is 23.0 Å². The molecular formula is C11H17ClN2O. The van der Waals surface area contributed by atoms with Crippen LogP contribution < -0.4 is 10.6 Å². The average molecular weight is 229 g/mol. The third-order valence-corrected chi connectivity index (χ3v) is 2.55. The summed E-state index contributed by atoms with van der Waals surface area (Å²) < 4.78 is 5.28. The van der Waals surface area contributed by atoms with Crippen molar-refractivity contribution >= 4 is 23.0 Å². The first kappa shape index (κ1) is 12.1. The van der Waals surface area contributed by atoms with Gasteiger partial charge in [0.15, 0.2) is 0 Å². The van der Waals surface area contributed by atoms with Gasteiger partial charge in [-0.05, 0) is 19.1 Å². The molecule has 0 radical (unpaired) electrons. The molecule has 0 aliphatic rings. The quantitative estimate of drug-likeness (QED) is 0.621. The van der Waals surface area contributed by atoms with Crippen molar-refractivity contribution in [1.82, 2.24) is 0 Å². The van der Waals surface area contributed by atoms with Crippen LogP contribution in [-0.2, 0) is 4.74 Å². The number of ether oxygens (including phenoxy) is 1. The van der Waals surface area contributed by atoms with Crippen molar-refractivity contribution in [3.63, 3.8) is 0 Å². The molecule has 1 rings (SSSR count). The number of nitrogens with zero attached hydrogens (tertiary/aromatic N) is 1. The first-order valence-electron chi connectivity index (χ1n) is 4.99. The Morgan fingerprint density at radius 3 is 2.87 bits per heavy atom. The third-order valence-electron chi connectivity index (χ3n) is 2.22. The van der Waals surface area contributed by atoms with E-state index in [-0.39, 0.29) is 0 Å². The fourth-order valence-corrected chi connectivity index (χ4v) is 1.49. The van der Waals surface area contributed by atoms with E-state index in [1.165, 1.54) is 0 Å². The van der Waals surface area contributed by atoms with Crippen LogP contribution in [-0.4, -0.2) is 26.8 Å². The van der Waals surface area contributed by atoms with E-state index in [0.29, 0.717) is 17.3 Å². The highest BCUT2D eigenvalue weighted by atomic mass is 35.5. The van der Waals surface area contributed by atoms with Gasteiger partial charge < -0.3 is 15.4 Å². The highest BCUT2D eigenvalue weighted by molar-refractivity contribution is 6.33. The van der Waals surface area contributed by atoms with Crippen LogP contribution in [0.3, 0.4) is 0 Å². The fraction of sp³-hybridized carbons (Fsp3) is 0.455. The molecule has 0 fully saturated rings. The van der Waals surface area contributed by atoms with Crippen LogP contribution in [0.2, 0.25) is 5.02 Å². The summed E-state index contributed by atoms with van der Waals surface area (Å²) >= 11 is 5.94. The van der Waals surface area contributed by atoms with E-state index in [2.05, 4.69) is 0 Å². The molecule has 0 saturated heterocycles. The van der Waals surface area contributed by atoms with E-state index in [9.17, 15) is 0 Å². The van der Waals surface area contributed by atoms with E-state index in [4.69, 9.17) is 22.1 Å². The Kier molecular flexibility index (Phi) is 4.72. The van der Waals surface area contributed by atoms with Gasteiger partial charge >= 0.3 is 0 Å². The second kappa shape index (κ2) is 5.83. The molecule has 0 heterocycles. The van der Waals surface area contributed by atoms with Crippen LogP contribution >= 0.6 is 11.6 Å². The first-order chi connectivity index (χ1) is 7.16. The van der Waals surface area contributed by atoms with E-state index < -0.39 is 0 Å². The summed E-state index contributed by atoms with van der Waals surface area (Å²) in [5.41, 5.74) is 7.44. The number of hydrogen-bond acceptors (Lipinski definition) is 3. The minimum absolute atomic E-state index is 0.593. The number of likely N-dealkylation sites (N-methyl/N-ethyl adjacent to an activating group) is 1. The zero-order valence-corrected chi connectivity index (χ0v) is 9.92. The van der Waals surface area contributed by atoms with Gasteiger partial charge in [-0.3, -0.25) is 0 Å². The average Bonchev–Trinajstić information content (AvgIpc) is 2.22. The molecule has 0 aliphatic heterocycles. The number of benzene rings is 1. The molecule has 0 amide bonds. The normalized spacial score (nSPS) is 10.3. The molecule has 1 aromatic rings. The maximum Gasteiger partial charge on any atom is 0.0741 e. The van der Waals surface area contributed by atoms with Gasteiger partial charge in [0.25, 0.3) is 0 Å². The molecule has 0 atom stereocenters. The Morgan fingerprint density at radius 2 is 2.20 bits per heavy atom. The highest BCUT2D eigenvalue weighted by Gasteiger charge is 2.07. The van der Waals surface area contributed by atoms with Crippen molar-refractivity contribution in [3.8, 4) is 0 Å². The molecule has 0 unspecified atom stereocenters. The molecule has 0 spiro atoms. The van der Waals surface area contributed by atoms with Crippen LogP contribution in [0, 0.1) is 0 Å². The number of nitrogens with two attached hydrogens (primary N) is 1. The lowest BCUT2D eigenvalue weighted by Crippen LogP contribution is -2.23. The largest absolute Gasteiger partial charge is 0.396 e. The third kappa shape index (κ3) is 3.29. The Balaban J connectivity index is 2.65. The molecule has 15 heavy (non-hydrogen) atoms. The van der Waals surface area contributed by atoms with Crippen LogP contribution in [0.5, 0.6) is 0 Å². The van der Waals surface area contributed by atoms with Gasteiger partial charge in [-0.25, -0.2) is 0 Å². The van der Waals surface area contributed by atoms with Crippen molar-refractivity contribution < 1.29 is 4.74 Å². The van der Waals surface area contributed by atoms with Crippen LogP contribution in [0.1, 0.15) is 6.92 Å². The first-order valence-corrected chi connectivity index (χ1v) is 5.37. The van der Waals surface area contributed by atoms with E-state index in [0.717, 1.165) is 18.8 Å². The summed E-state index contributed by atoms with van der Waals surface area (Å²) in [6.07, 6.45) is 0. The summed E-state index contributed by atoms with van der Waals surface area (Å²) in [4.78, 5) is 2.04. The summed E-state index contributed by atoms with van der Waals surface area (Å²) in [6.45, 7) is 4.21. The maximum atomic E-state index is 5.94. The Labute approximate surface area is 95.8 Å². The minimum atomic E-state index is 0.593. The molecule has 0 aromatic heterocycles. The number of para-hydroxylation sites is 1. The van der Waals surface area contributed by atoms with Crippen molar-refractivity contribution in [1.29, 1.82) is 0 Å². The molecular weight excluding hydrogens is 212 g/mol. The van der Waals surface area contributed by atoms with Crippen LogP contribution in [0.15, 0.2) is 18.2 Å². The number of rotatable bonds is 5. The van der Waals surface area contributed by atoms with Crippen LogP contribution in [0.25, 0.3) is 0 Å². The topological polar surface area (TPSA) is 38.5 Å². The van der Waals surface area contributed by atoms with Crippen molar-refractivity contribution in [2.24, 2.45) is 0 Å². The molecule has 2 N–H and O–H groups in total. The van der Waals surface area contributed by atoms with Gasteiger partial charge in [0.2, 0.25) is 0 Å². The van der Waals surface area contributed by atoms with E-state index in [1.54, 1.807) is 6.07 Å². The summed E-state index contributed by atoms with van der Waals surface area (Å²) in [5.74, 6) is 0. The van der Waals surface area contributed by atoms with Crippen LogP contribution in [0.4, 0.5) is 11.4 Å². The molecule has 1 aromatic carbocycles. The number of halogens is 1. The molecule has 3 nitrogen and oxygen atoms in total.